The first-order valence-electron chi connectivity index (χ1n) is 7.69. The van der Waals surface area contributed by atoms with E-state index in [4.69, 9.17) is 0 Å². The Balaban J connectivity index is 2.03. The summed E-state index contributed by atoms with van der Waals surface area (Å²) in [5.41, 5.74) is 0.419. The predicted molar refractivity (Wildman–Crippen MR) is 101 cm³/mol. The van der Waals surface area contributed by atoms with E-state index >= 15 is 0 Å². The minimum absolute atomic E-state index is 0.0546. The van der Waals surface area contributed by atoms with Crippen LogP contribution in [-0.2, 0) is 0 Å². The van der Waals surface area contributed by atoms with Crippen LogP contribution in [0.2, 0.25) is 0 Å². The number of hydrogen-bond donors (Lipinski definition) is 4. The van der Waals surface area contributed by atoms with Crippen LogP contribution in [0.25, 0.3) is 0 Å². The fraction of sp³-hybridized carbons (Fsp3) is 0. The van der Waals surface area contributed by atoms with Crippen LogP contribution in [0.15, 0.2) is 59.1 Å². The standard InChI is InChI=1S/C20H13BrO6/c21-14-2-10(19(26)12-4-15(22)8-16(23)5-12)1-11(3-14)20(27)13-6-17(24)9-18(25)7-13/h1-9,22-25H. The quantitative estimate of drug-likeness (QED) is 0.470. The van der Waals surface area contributed by atoms with E-state index in [1.165, 1.54) is 42.5 Å². The maximum atomic E-state index is 12.7. The van der Waals surface area contributed by atoms with Gasteiger partial charge in [-0.05, 0) is 42.5 Å². The summed E-state index contributed by atoms with van der Waals surface area (Å²) < 4.78 is 0.463. The Morgan fingerprint density at radius 3 is 1.15 bits per heavy atom. The number of ketones is 2. The number of carbonyl (C=O) groups excluding carboxylic acids is 2. The lowest BCUT2D eigenvalue weighted by molar-refractivity contribution is 0.103. The van der Waals surface area contributed by atoms with E-state index in [2.05, 4.69) is 15.9 Å². The van der Waals surface area contributed by atoms with Crippen LogP contribution in [0, 0.1) is 0 Å². The molecule has 27 heavy (non-hydrogen) atoms. The Bertz CT molecular complexity index is 952. The molecule has 0 aromatic heterocycles. The van der Waals surface area contributed by atoms with Crippen molar-refractivity contribution in [3.05, 3.63) is 81.3 Å². The molecule has 4 N–H and O–H groups in total. The van der Waals surface area contributed by atoms with E-state index in [1.807, 2.05) is 0 Å². The van der Waals surface area contributed by atoms with Crippen LogP contribution in [0.4, 0.5) is 0 Å². The van der Waals surface area contributed by atoms with Crippen molar-refractivity contribution in [1.82, 2.24) is 0 Å². The van der Waals surface area contributed by atoms with Crippen molar-refractivity contribution in [3.63, 3.8) is 0 Å². The molecule has 0 amide bonds. The van der Waals surface area contributed by atoms with E-state index < -0.39 is 11.6 Å². The first-order valence-corrected chi connectivity index (χ1v) is 8.48. The zero-order valence-corrected chi connectivity index (χ0v) is 15.3. The van der Waals surface area contributed by atoms with E-state index in [0.717, 1.165) is 12.1 Å². The highest BCUT2D eigenvalue weighted by atomic mass is 79.9. The van der Waals surface area contributed by atoms with Gasteiger partial charge in [0.15, 0.2) is 11.6 Å². The fourth-order valence-corrected chi connectivity index (χ4v) is 3.13. The van der Waals surface area contributed by atoms with Gasteiger partial charge in [0, 0.05) is 38.9 Å². The van der Waals surface area contributed by atoms with Gasteiger partial charge in [0.2, 0.25) is 0 Å². The molecule has 6 nitrogen and oxygen atoms in total. The van der Waals surface area contributed by atoms with Gasteiger partial charge in [-0.15, -0.1) is 0 Å². The van der Waals surface area contributed by atoms with Crippen LogP contribution in [0.1, 0.15) is 31.8 Å². The number of aromatic hydroxyl groups is 4. The first kappa shape index (κ1) is 18.5. The molecule has 0 fully saturated rings. The van der Waals surface area contributed by atoms with Crippen molar-refractivity contribution >= 4 is 27.5 Å². The molecule has 0 aliphatic heterocycles. The van der Waals surface area contributed by atoms with Gasteiger partial charge >= 0.3 is 0 Å². The summed E-state index contributed by atoms with van der Waals surface area (Å²) in [4.78, 5) is 25.4. The van der Waals surface area contributed by atoms with Crippen LogP contribution >= 0.6 is 15.9 Å². The van der Waals surface area contributed by atoms with Gasteiger partial charge in [-0.25, -0.2) is 0 Å². The molecule has 0 saturated heterocycles. The van der Waals surface area contributed by atoms with Crippen molar-refractivity contribution in [3.8, 4) is 23.0 Å². The highest BCUT2D eigenvalue weighted by Gasteiger charge is 2.17. The molecule has 0 bridgehead atoms. The average Bonchev–Trinajstić information content (AvgIpc) is 2.58. The van der Waals surface area contributed by atoms with E-state index in [0.29, 0.717) is 4.47 Å². The zero-order chi connectivity index (χ0) is 19.7. The predicted octanol–water partition coefficient (Wildman–Crippen LogP) is 3.73. The van der Waals surface area contributed by atoms with E-state index in [1.54, 1.807) is 0 Å². The number of phenolic OH excluding ortho intramolecular Hbond substituents is 4. The lowest BCUT2D eigenvalue weighted by Crippen LogP contribution is -2.06. The van der Waals surface area contributed by atoms with Crippen molar-refractivity contribution in [2.45, 2.75) is 0 Å². The number of halogens is 1. The Morgan fingerprint density at radius 2 is 0.815 bits per heavy atom. The maximum Gasteiger partial charge on any atom is 0.193 e. The van der Waals surface area contributed by atoms with Crippen LogP contribution in [-0.4, -0.2) is 32.0 Å². The number of carbonyl (C=O) groups is 2. The topological polar surface area (TPSA) is 115 Å². The minimum atomic E-state index is -0.504. The second kappa shape index (κ2) is 7.13. The second-order valence-electron chi connectivity index (χ2n) is 5.86. The molecule has 3 aromatic carbocycles. The van der Waals surface area contributed by atoms with Crippen molar-refractivity contribution in [2.24, 2.45) is 0 Å². The Hall–Kier alpha value is -3.32. The summed E-state index contributed by atoms with van der Waals surface area (Å²) in [7, 11) is 0. The number of phenols is 4. The summed E-state index contributed by atoms with van der Waals surface area (Å²) >= 11 is 3.25. The van der Waals surface area contributed by atoms with Gasteiger partial charge < -0.3 is 20.4 Å². The van der Waals surface area contributed by atoms with Gasteiger partial charge in [-0.3, -0.25) is 9.59 Å². The fourth-order valence-electron chi connectivity index (χ4n) is 2.64. The molecule has 0 aliphatic rings. The Labute approximate surface area is 162 Å². The Kier molecular flexibility index (Phi) is 4.87. The minimum Gasteiger partial charge on any atom is -0.508 e. The molecular formula is C20H13BrO6. The molecule has 7 heteroatoms. The normalized spacial score (nSPS) is 10.6. The summed E-state index contributed by atoms with van der Waals surface area (Å²) in [6.07, 6.45) is 0. The summed E-state index contributed by atoms with van der Waals surface area (Å²) in [5.74, 6) is -2.06. The molecular weight excluding hydrogens is 416 g/mol. The SMILES string of the molecule is O=C(c1cc(O)cc(O)c1)c1cc(Br)cc(C(=O)c2cc(O)cc(O)c2)c1. The summed E-state index contributed by atoms with van der Waals surface area (Å²) in [6.45, 7) is 0. The van der Waals surface area contributed by atoms with Gasteiger partial charge in [0.05, 0.1) is 0 Å². The molecule has 0 radical (unpaired) electrons. The van der Waals surface area contributed by atoms with Gasteiger partial charge in [-0.2, -0.15) is 0 Å². The number of benzene rings is 3. The smallest absolute Gasteiger partial charge is 0.193 e. The number of rotatable bonds is 4. The van der Waals surface area contributed by atoms with Gasteiger partial charge in [0.1, 0.15) is 23.0 Å². The third-order valence-electron chi connectivity index (χ3n) is 3.75. The van der Waals surface area contributed by atoms with Crippen molar-refractivity contribution < 1.29 is 30.0 Å². The lowest BCUT2D eigenvalue weighted by Gasteiger charge is -2.08. The molecule has 0 spiro atoms. The first-order chi connectivity index (χ1) is 12.7. The van der Waals surface area contributed by atoms with Crippen LogP contribution < -0.4 is 0 Å². The molecule has 0 atom stereocenters. The molecule has 3 aromatic rings. The Morgan fingerprint density at radius 1 is 0.519 bits per heavy atom. The third kappa shape index (κ3) is 4.09. The molecule has 0 aliphatic carbocycles. The van der Waals surface area contributed by atoms with Crippen molar-refractivity contribution in [1.29, 1.82) is 0 Å². The van der Waals surface area contributed by atoms with Crippen LogP contribution in [0.3, 0.4) is 0 Å². The molecule has 136 valence electrons. The number of hydrogen-bond acceptors (Lipinski definition) is 6. The molecule has 0 saturated carbocycles. The highest BCUT2D eigenvalue weighted by Crippen LogP contribution is 2.27. The van der Waals surface area contributed by atoms with Crippen molar-refractivity contribution in [2.75, 3.05) is 0 Å². The molecule has 0 unspecified atom stereocenters. The molecule has 3 rings (SSSR count). The third-order valence-corrected chi connectivity index (χ3v) is 4.21. The lowest BCUT2D eigenvalue weighted by atomic mass is 9.97. The maximum absolute atomic E-state index is 12.7. The zero-order valence-electron chi connectivity index (χ0n) is 13.7. The van der Waals surface area contributed by atoms with Gasteiger partial charge in [-0.1, -0.05) is 15.9 Å². The van der Waals surface area contributed by atoms with E-state index in [-0.39, 0.29) is 45.3 Å². The average molecular weight is 429 g/mol. The van der Waals surface area contributed by atoms with E-state index in [9.17, 15) is 30.0 Å². The second-order valence-corrected chi connectivity index (χ2v) is 6.78. The highest BCUT2D eigenvalue weighted by molar-refractivity contribution is 9.10. The monoisotopic (exact) mass is 428 g/mol. The van der Waals surface area contributed by atoms with Gasteiger partial charge in [0.25, 0.3) is 0 Å². The summed E-state index contributed by atoms with van der Waals surface area (Å²) in [6, 6.07) is 11.4. The summed E-state index contributed by atoms with van der Waals surface area (Å²) in [5, 5.41) is 38.3. The molecule has 0 heterocycles. The largest absolute Gasteiger partial charge is 0.508 e. The van der Waals surface area contributed by atoms with Crippen LogP contribution in [0.5, 0.6) is 23.0 Å².